The molecule has 3 rings (SSSR count). The standard InChI is InChI=1S/C38H39Cl2N5O11S.H2O3S/c1-20(46)44-24-8-3-21(4-9-24)15-28(39)34(40)38(53)56-37(52)29(42)13-14-31(47)45-30(19-57)36(51)43-18-33(49)55-32(48)16-27-26(12-7-23(17-41)35(27)50)22-5-10-25(54-2)11-6-22;1-4(2)3/h3-6,8-11,23,29-30,57H,7,12-16,18-19,42H2,1-2H3,(H,43,51)(H,44,46)(H,45,47);(H2,1,2,3)/p-1/t23?,29-,30-;/m0./s1. The van der Waals surface area contributed by atoms with Crippen molar-refractivity contribution in [2.45, 2.75) is 57.5 Å². The van der Waals surface area contributed by atoms with Crippen LogP contribution in [0, 0.1) is 17.2 Å². The summed E-state index contributed by atoms with van der Waals surface area (Å²) < 4.78 is 38.8. The minimum Gasteiger partial charge on any atom is -0.750 e. The van der Waals surface area contributed by atoms with Crippen LogP contribution in [-0.4, -0.2) is 92.2 Å². The average Bonchev–Trinajstić information content (AvgIpc) is 3.21. The first-order valence-corrected chi connectivity index (χ1v) is 20.1. The molecule has 0 bridgehead atoms. The minimum atomic E-state index is -2.86. The third kappa shape index (κ3) is 18.0. The number of methoxy groups -OCH3 is 1. The van der Waals surface area contributed by atoms with Crippen molar-refractivity contribution in [1.82, 2.24) is 10.6 Å². The van der Waals surface area contributed by atoms with Crippen LogP contribution in [-0.2, 0) is 65.6 Å². The Morgan fingerprint density at radius 3 is 2.21 bits per heavy atom. The molecular weight excluding hydrogens is 885 g/mol. The lowest BCUT2D eigenvalue weighted by molar-refractivity contribution is -0.160. The summed E-state index contributed by atoms with van der Waals surface area (Å²) in [6.07, 6.45) is -0.693. The maximum Gasteiger partial charge on any atom is 0.358 e. The second-order valence-corrected chi connectivity index (χ2v) is 14.3. The first kappa shape index (κ1) is 51.7. The number of allylic oxidation sites excluding steroid dienone is 2. The molecule has 0 spiro atoms. The molecule has 0 saturated carbocycles. The third-order valence-corrected chi connectivity index (χ3v) is 9.44. The molecule has 61 heavy (non-hydrogen) atoms. The summed E-state index contributed by atoms with van der Waals surface area (Å²) in [5.41, 5.74) is 8.19. The summed E-state index contributed by atoms with van der Waals surface area (Å²) in [7, 11) is 1.50. The number of anilines is 1. The summed E-state index contributed by atoms with van der Waals surface area (Å²) in [6.45, 7) is 0.581. The molecule has 0 heterocycles. The summed E-state index contributed by atoms with van der Waals surface area (Å²) in [6, 6.07) is 12.5. The van der Waals surface area contributed by atoms with E-state index in [0.29, 0.717) is 34.6 Å². The van der Waals surface area contributed by atoms with Crippen molar-refractivity contribution in [2.24, 2.45) is 11.7 Å². The fourth-order valence-corrected chi connectivity index (χ4v) is 5.93. The van der Waals surface area contributed by atoms with Crippen LogP contribution in [0.1, 0.15) is 50.2 Å². The van der Waals surface area contributed by atoms with Gasteiger partial charge in [-0.2, -0.15) is 17.9 Å². The number of rotatable bonds is 17. The number of hydrogen-bond donors (Lipinski definition) is 6. The lowest BCUT2D eigenvalue weighted by Crippen LogP contribution is -2.49. The van der Waals surface area contributed by atoms with Crippen molar-refractivity contribution in [3.8, 4) is 11.8 Å². The number of nitrogens with one attached hydrogen (secondary N) is 3. The Bertz CT molecular complexity index is 2100. The Labute approximate surface area is 367 Å². The van der Waals surface area contributed by atoms with Crippen LogP contribution in [0.3, 0.4) is 0 Å². The van der Waals surface area contributed by atoms with Crippen LogP contribution >= 0.6 is 35.8 Å². The van der Waals surface area contributed by atoms with Gasteiger partial charge in [0.25, 0.3) is 0 Å². The van der Waals surface area contributed by atoms with Gasteiger partial charge in [0.1, 0.15) is 35.3 Å². The highest BCUT2D eigenvalue weighted by Gasteiger charge is 2.32. The van der Waals surface area contributed by atoms with Crippen molar-refractivity contribution in [3.05, 3.63) is 75.3 Å². The number of nitriles is 1. The van der Waals surface area contributed by atoms with Crippen LogP contribution in [0.25, 0.3) is 5.57 Å². The number of halogens is 2. The first-order chi connectivity index (χ1) is 28.8. The van der Waals surface area contributed by atoms with E-state index in [1.165, 1.54) is 14.0 Å². The molecule has 2 aromatic carbocycles. The lowest BCUT2D eigenvalue weighted by Gasteiger charge is -2.22. The Kier molecular flexibility index (Phi) is 22.0. The number of hydrogen-bond acceptors (Lipinski definition) is 16. The fraction of sp³-hybridized carbons (Fsp3) is 0.342. The number of Topliss-reactive ketones (excluding diaryl/α,β-unsaturated/α-hetero) is 1. The predicted octanol–water partition coefficient (Wildman–Crippen LogP) is 2.35. The number of amides is 3. The fourth-order valence-electron chi connectivity index (χ4n) is 5.34. The van der Waals surface area contributed by atoms with Gasteiger partial charge in [0.15, 0.2) is 5.78 Å². The highest BCUT2D eigenvalue weighted by Crippen LogP contribution is 2.35. The molecule has 0 aliphatic heterocycles. The molecule has 4 atom stereocenters. The van der Waals surface area contributed by atoms with Gasteiger partial charge in [-0.15, -0.1) is 0 Å². The zero-order chi connectivity index (χ0) is 45.8. The number of carbonyl (C=O) groups excluding carboxylic acids is 8. The molecule has 23 heteroatoms. The molecule has 0 saturated heterocycles. The van der Waals surface area contributed by atoms with Crippen molar-refractivity contribution in [1.29, 1.82) is 5.26 Å². The maximum absolute atomic E-state index is 13.0. The van der Waals surface area contributed by atoms with Gasteiger partial charge in [0.05, 0.1) is 31.0 Å². The normalized spacial score (nSPS) is 15.2. The summed E-state index contributed by atoms with van der Waals surface area (Å²) in [5.74, 6) is -7.70. The first-order valence-electron chi connectivity index (χ1n) is 17.7. The smallest absolute Gasteiger partial charge is 0.358 e. The van der Waals surface area contributed by atoms with Gasteiger partial charge in [0, 0.05) is 41.8 Å². The molecule has 328 valence electrons. The molecule has 0 fully saturated rings. The van der Waals surface area contributed by atoms with Crippen LogP contribution in [0.15, 0.2) is 64.2 Å². The molecule has 2 aromatic rings. The molecule has 1 aliphatic carbocycles. The summed E-state index contributed by atoms with van der Waals surface area (Å²) >= 11 is 13.4. The number of ether oxygens (including phenoxy) is 3. The van der Waals surface area contributed by atoms with E-state index >= 15 is 0 Å². The quantitative estimate of drug-likeness (QED) is 0.0436. The number of esters is 4. The van der Waals surface area contributed by atoms with Crippen molar-refractivity contribution < 1.29 is 65.9 Å². The summed E-state index contributed by atoms with van der Waals surface area (Å²) in [5, 5.41) is 15.9. The van der Waals surface area contributed by atoms with Gasteiger partial charge in [-0.25, -0.2) is 18.6 Å². The second-order valence-electron chi connectivity index (χ2n) is 12.7. The zero-order valence-electron chi connectivity index (χ0n) is 32.4. The molecule has 19 nitrogen and oxygen atoms in total. The average molecular weight is 926 g/mol. The number of nitrogens with zero attached hydrogens (tertiary/aromatic N) is 1. The second kappa shape index (κ2) is 26.0. The van der Waals surface area contributed by atoms with E-state index in [4.69, 9.17) is 56.5 Å². The van der Waals surface area contributed by atoms with Crippen LogP contribution in [0.5, 0.6) is 5.75 Å². The Morgan fingerprint density at radius 1 is 1.03 bits per heavy atom. The van der Waals surface area contributed by atoms with E-state index in [1.54, 1.807) is 48.5 Å². The van der Waals surface area contributed by atoms with E-state index in [2.05, 4.69) is 28.6 Å². The number of thiol groups is 1. The van der Waals surface area contributed by atoms with E-state index in [-0.39, 0.29) is 41.5 Å². The highest BCUT2D eigenvalue weighted by molar-refractivity contribution is 7.80. The predicted molar refractivity (Wildman–Crippen MR) is 221 cm³/mol. The van der Waals surface area contributed by atoms with E-state index in [0.717, 1.165) is 0 Å². The highest BCUT2D eigenvalue weighted by atomic mass is 35.5. The van der Waals surface area contributed by atoms with Gasteiger partial charge < -0.3 is 45.0 Å². The van der Waals surface area contributed by atoms with Crippen molar-refractivity contribution in [3.63, 3.8) is 0 Å². The van der Waals surface area contributed by atoms with Gasteiger partial charge in [-0.3, -0.25) is 24.0 Å². The number of benzene rings is 2. The Hall–Kier alpha value is -5.47. The van der Waals surface area contributed by atoms with Crippen molar-refractivity contribution >= 4 is 106 Å². The molecular formula is C38H40Cl2N5O14S2-. The van der Waals surface area contributed by atoms with E-state index < -0.39 is 95.3 Å². The van der Waals surface area contributed by atoms with E-state index in [9.17, 15) is 43.6 Å². The largest absolute Gasteiger partial charge is 0.750 e. The zero-order valence-corrected chi connectivity index (χ0v) is 35.6. The third-order valence-electron chi connectivity index (χ3n) is 8.28. The van der Waals surface area contributed by atoms with Gasteiger partial charge in [0.2, 0.25) is 17.7 Å². The Morgan fingerprint density at radius 2 is 1.66 bits per heavy atom. The molecule has 6 N–H and O–H groups in total. The Balaban J connectivity index is 0.00000306. The topological polar surface area (TPSA) is 311 Å². The number of carbonyl (C=O) groups is 8. The van der Waals surface area contributed by atoms with Gasteiger partial charge in [-0.05, 0) is 60.2 Å². The SMILES string of the molecule is COc1ccc(C2=C(CC(=O)OC(=O)CNC(=O)[C@H](CS)NC(=O)CC[C@H](N)C(=O)OC(=O)C(Cl)=C(Cl)Cc3ccc(NC(C)=O)cc3)C(=O)C(C#N)CC2)cc1.O=S([O-])O. The van der Waals surface area contributed by atoms with Crippen molar-refractivity contribution in [2.75, 3.05) is 24.7 Å². The monoisotopic (exact) mass is 924 g/mol. The lowest BCUT2D eigenvalue weighted by atomic mass is 9.79. The molecule has 2 unspecified atom stereocenters. The molecule has 0 radical (unpaired) electrons. The van der Waals surface area contributed by atoms with Crippen LogP contribution in [0.2, 0.25) is 0 Å². The maximum atomic E-state index is 13.0. The molecule has 0 aromatic heterocycles. The number of nitrogens with two attached hydrogens (primary N) is 1. The van der Waals surface area contributed by atoms with Gasteiger partial charge >= 0.3 is 23.9 Å². The van der Waals surface area contributed by atoms with Gasteiger partial charge in [-0.1, -0.05) is 47.5 Å². The molecule has 1 aliphatic rings. The van der Waals surface area contributed by atoms with Crippen LogP contribution < -0.4 is 26.4 Å². The van der Waals surface area contributed by atoms with E-state index in [1.807, 2.05) is 6.07 Å². The van der Waals surface area contributed by atoms with Crippen LogP contribution in [0.4, 0.5) is 5.69 Å². The number of ketones is 1. The minimum absolute atomic E-state index is 0.00738. The summed E-state index contributed by atoms with van der Waals surface area (Å²) in [4.78, 5) is 99.4. The molecule has 3 amide bonds.